The summed E-state index contributed by atoms with van der Waals surface area (Å²) in [5.74, 6) is -0.828. The maximum atomic E-state index is 12.5. The van der Waals surface area contributed by atoms with Crippen molar-refractivity contribution >= 4 is 27.7 Å². The van der Waals surface area contributed by atoms with Gasteiger partial charge in [0.05, 0.1) is 12.6 Å². The molecule has 4 N–H and O–H groups in total. The van der Waals surface area contributed by atoms with Crippen molar-refractivity contribution in [1.29, 1.82) is 0 Å². The normalized spacial score (nSPS) is 12.8. The number of carbonyl (C=O) groups excluding carboxylic acids is 2. The molecule has 0 bridgehead atoms. The topological polar surface area (TPSA) is 89.4 Å². The number of nitrogens with two attached hydrogens (primary N) is 2. The van der Waals surface area contributed by atoms with E-state index in [1.54, 1.807) is 0 Å². The summed E-state index contributed by atoms with van der Waals surface area (Å²) < 4.78 is 0.949. The van der Waals surface area contributed by atoms with Gasteiger partial charge in [0.15, 0.2) is 0 Å². The van der Waals surface area contributed by atoms with Crippen molar-refractivity contribution in [2.75, 3.05) is 6.54 Å². The molecular formula is C15H22BrN3O2. The summed E-state index contributed by atoms with van der Waals surface area (Å²) >= 11 is 3.36. The summed E-state index contributed by atoms with van der Waals surface area (Å²) in [6.07, 6.45) is 0. The molecule has 21 heavy (non-hydrogen) atoms. The quantitative estimate of drug-likeness (QED) is 0.840. The molecule has 116 valence electrons. The van der Waals surface area contributed by atoms with Gasteiger partial charge in [0.25, 0.3) is 0 Å². The molecule has 0 fully saturated rings. The lowest BCUT2D eigenvalue weighted by molar-refractivity contribution is -0.138. The molecule has 2 amide bonds. The summed E-state index contributed by atoms with van der Waals surface area (Å²) in [5.41, 5.74) is 11.8. The molecule has 5 nitrogen and oxygen atoms in total. The smallest absolute Gasteiger partial charge is 0.240 e. The fourth-order valence-corrected chi connectivity index (χ4v) is 2.04. The van der Waals surface area contributed by atoms with Crippen LogP contribution in [0.3, 0.4) is 0 Å². The van der Waals surface area contributed by atoms with Crippen molar-refractivity contribution in [3.63, 3.8) is 0 Å². The van der Waals surface area contributed by atoms with Crippen LogP contribution in [0.2, 0.25) is 0 Å². The van der Waals surface area contributed by atoms with Crippen molar-refractivity contribution in [2.45, 2.75) is 33.4 Å². The molecule has 0 aromatic heterocycles. The monoisotopic (exact) mass is 355 g/mol. The summed E-state index contributed by atoms with van der Waals surface area (Å²) in [4.78, 5) is 25.1. The van der Waals surface area contributed by atoms with E-state index < -0.39 is 11.9 Å². The average molecular weight is 356 g/mol. The largest absolute Gasteiger partial charge is 0.368 e. The van der Waals surface area contributed by atoms with Gasteiger partial charge in [-0.25, -0.2) is 0 Å². The van der Waals surface area contributed by atoms with Crippen LogP contribution in [0.15, 0.2) is 28.7 Å². The standard InChI is InChI=1S/C15H22BrN3O2/c1-15(2,3)13(18)14(21)19(9-12(17)20)8-10-4-6-11(16)7-5-10/h4-7,13H,8-9,18H2,1-3H3,(H2,17,20). The number of hydrogen-bond acceptors (Lipinski definition) is 3. The summed E-state index contributed by atoms with van der Waals surface area (Å²) in [7, 11) is 0. The second kappa shape index (κ2) is 7.04. The van der Waals surface area contributed by atoms with Crippen LogP contribution in [0.5, 0.6) is 0 Å². The lowest BCUT2D eigenvalue weighted by Gasteiger charge is -2.31. The van der Waals surface area contributed by atoms with Gasteiger partial charge in [-0.1, -0.05) is 48.8 Å². The molecule has 0 saturated carbocycles. The van der Waals surface area contributed by atoms with Crippen LogP contribution in [0.1, 0.15) is 26.3 Å². The Bertz CT molecular complexity index is 509. The number of rotatable bonds is 5. The third-order valence-electron chi connectivity index (χ3n) is 3.14. The summed E-state index contributed by atoms with van der Waals surface area (Å²) in [5, 5.41) is 0. The Labute approximate surface area is 133 Å². The zero-order chi connectivity index (χ0) is 16.2. The number of primary amides is 1. The summed E-state index contributed by atoms with van der Waals surface area (Å²) in [6, 6.07) is 6.84. The van der Waals surface area contributed by atoms with Crippen LogP contribution < -0.4 is 11.5 Å². The maximum Gasteiger partial charge on any atom is 0.240 e. The molecule has 1 rings (SSSR count). The maximum absolute atomic E-state index is 12.5. The van der Waals surface area contributed by atoms with E-state index in [0.29, 0.717) is 6.54 Å². The predicted molar refractivity (Wildman–Crippen MR) is 86.2 cm³/mol. The van der Waals surface area contributed by atoms with Crippen molar-refractivity contribution in [1.82, 2.24) is 4.90 Å². The van der Waals surface area contributed by atoms with Gasteiger partial charge >= 0.3 is 0 Å². The van der Waals surface area contributed by atoms with Gasteiger partial charge in [0.1, 0.15) is 0 Å². The minimum absolute atomic E-state index is 0.140. The van der Waals surface area contributed by atoms with E-state index in [1.807, 2.05) is 45.0 Å². The lowest BCUT2D eigenvalue weighted by atomic mass is 9.86. The van der Waals surface area contributed by atoms with E-state index in [1.165, 1.54) is 4.90 Å². The Morgan fingerprint density at radius 1 is 1.24 bits per heavy atom. The molecule has 1 aromatic carbocycles. The van der Waals surface area contributed by atoms with Crippen LogP contribution >= 0.6 is 15.9 Å². The zero-order valence-corrected chi connectivity index (χ0v) is 14.2. The Hall–Kier alpha value is -1.40. The highest BCUT2D eigenvalue weighted by atomic mass is 79.9. The third kappa shape index (κ3) is 5.47. The highest BCUT2D eigenvalue weighted by Gasteiger charge is 2.31. The predicted octanol–water partition coefficient (Wildman–Crippen LogP) is 1.64. The van der Waals surface area contributed by atoms with Gasteiger partial charge in [-0.15, -0.1) is 0 Å². The molecule has 0 heterocycles. The molecule has 0 saturated heterocycles. The molecule has 0 aliphatic rings. The van der Waals surface area contributed by atoms with E-state index in [2.05, 4.69) is 15.9 Å². The molecule has 0 spiro atoms. The molecule has 1 unspecified atom stereocenters. The number of carbonyl (C=O) groups is 2. The minimum Gasteiger partial charge on any atom is -0.368 e. The Morgan fingerprint density at radius 3 is 2.19 bits per heavy atom. The van der Waals surface area contributed by atoms with Gasteiger partial charge in [0.2, 0.25) is 11.8 Å². The molecule has 6 heteroatoms. The SMILES string of the molecule is CC(C)(C)C(N)C(=O)N(CC(N)=O)Cc1ccc(Br)cc1. The van der Waals surface area contributed by atoms with Crippen molar-refractivity contribution in [2.24, 2.45) is 16.9 Å². The van der Waals surface area contributed by atoms with Gasteiger partial charge in [0, 0.05) is 11.0 Å². The fraction of sp³-hybridized carbons (Fsp3) is 0.467. The van der Waals surface area contributed by atoms with Crippen molar-refractivity contribution in [3.8, 4) is 0 Å². The molecule has 0 radical (unpaired) electrons. The van der Waals surface area contributed by atoms with Gasteiger partial charge in [-0.3, -0.25) is 9.59 Å². The minimum atomic E-state index is -0.688. The fourth-order valence-electron chi connectivity index (χ4n) is 1.78. The molecule has 1 aromatic rings. The lowest BCUT2D eigenvalue weighted by Crippen LogP contribution is -2.52. The first-order valence-electron chi connectivity index (χ1n) is 6.68. The van der Waals surface area contributed by atoms with Crippen molar-refractivity contribution < 1.29 is 9.59 Å². The molecule has 1 atom stereocenters. The number of nitrogens with zero attached hydrogens (tertiary/aromatic N) is 1. The highest BCUT2D eigenvalue weighted by molar-refractivity contribution is 9.10. The van der Waals surface area contributed by atoms with Crippen LogP contribution in [0.4, 0.5) is 0 Å². The van der Waals surface area contributed by atoms with Crippen molar-refractivity contribution in [3.05, 3.63) is 34.3 Å². The Kier molecular flexibility index (Phi) is 5.92. The third-order valence-corrected chi connectivity index (χ3v) is 3.67. The Morgan fingerprint density at radius 2 is 1.76 bits per heavy atom. The Balaban J connectivity index is 2.92. The number of amides is 2. The van der Waals surface area contributed by atoms with Crippen LogP contribution in [-0.2, 0) is 16.1 Å². The number of benzene rings is 1. The van der Waals surface area contributed by atoms with E-state index >= 15 is 0 Å². The van der Waals surface area contributed by atoms with E-state index in [9.17, 15) is 9.59 Å². The first kappa shape index (κ1) is 17.7. The number of hydrogen-bond donors (Lipinski definition) is 2. The highest BCUT2D eigenvalue weighted by Crippen LogP contribution is 2.20. The van der Waals surface area contributed by atoms with E-state index in [0.717, 1.165) is 10.0 Å². The molecule has 0 aliphatic carbocycles. The van der Waals surface area contributed by atoms with Crippen LogP contribution in [-0.4, -0.2) is 29.3 Å². The first-order chi connectivity index (χ1) is 9.61. The van der Waals surface area contributed by atoms with Gasteiger partial charge in [-0.2, -0.15) is 0 Å². The first-order valence-corrected chi connectivity index (χ1v) is 7.47. The second-order valence-corrected chi connectivity index (χ2v) is 7.05. The van der Waals surface area contributed by atoms with Crippen LogP contribution in [0, 0.1) is 5.41 Å². The summed E-state index contributed by atoms with van der Waals surface area (Å²) in [6.45, 7) is 5.82. The van der Waals surface area contributed by atoms with E-state index in [-0.39, 0.29) is 17.9 Å². The average Bonchev–Trinajstić information content (AvgIpc) is 2.37. The second-order valence-electron chi connectivity index (χ2n) is 6.13. The number of halogens is 1. The van der Waals surface area contributed by atoms with Gasteiger partial charge < -0.3 is 16.4 Å². The van der Waals surface area contributed by atoms with E-state index in [4.69, 9.17) is 11.5 Å². The van der Waals surface area contributed by atoms with Crippen LogP contribution in [0.25, 0.3) is 0 Å². The van der Waals surface area contributed by atoms with Gasteiger partial charge in [-0.05, 0) is 23.1 Å². The zero-order valence-electron chi connectivity index (χ0n) is 12.6. The molecule has 0 aliphatic heterocycles. The molecular weight excluding hydrogens is 334 g/mol.